The molecule has 4 rings (SSSR count). The highest BCUT2D eigenvalue weighted by Crippen LogP contribution is 2.32. The monoisotopic (exact) mass is 485 g/mol. The maximum Gasteiger partial charge on any atom is 0.416 e. The molecule has 1 aliphatic heterocycles. The summed E-state index contributed by atoms with van der Waals surface area (Å²) in [5.74, 6) is -0.0255. The Hall–Kier alpha value is -3.69. The summed E-state index contributed by atoms with van der Waals surface area (Å²) in [7, 11) is 0. The number of aryl methyl sites for hydroxylation is 1. The van der Waals surface area contributed by atoms with Crippen molar-refractivity contribution in [1.82, 2.24) is 19.9 Å². The molecule has 0 saturated carbocycles. The zero-order chi connectivity index (χ0) is 25.2. The molecule has 1 aliphatic rings. The quantitative estimate of drug-likeness (QED) is 0.550. The molecule has 1 fully saturated rings. The molecule has 0 spiro atoms. The number of anilines is 1. The van der Waals surface area contributed by atoms with Crippen LogP contribution in [0.1, 0.15) is 59.1 Å². The molecule has 1 saturated heterocycles. The predicted molar refractivity (Wildman–Crippen MR) is 125 cm³/mol. The van der Waals surface area contributed by atoms with Gasteiger partial charge in [-0.2, -0.15) is 13.2 Å². The normalized spacial score (nSPS) is 16.0. The van der Waals surface area contributed by atoms with E-state index >= 15 is 0 Å². The number of alkyl halides is 3. The Kier molecular flexibility index (Phi) is 6.90. The second kappa shape index (κ2) is 9.89. The number of nitrogens with two attached hydrogens (primary N) is 1. The van der Waals surface area contributed by atoms with Crippen molar-refractivity contribution in [1.29, 1.82) is 0 Å². The zero-order valence-corrected chi connectivity index (χ0v) is 19.2. The number of hydrogen-bond donors (Lipinski definition) is 2. The fourth-order valence-corrected chi connectivity index (χ4v) is 4.48. The van der Waals surface area contributed by atoms with Gasteiger partial charge in [-0.05, 0) is 56.0 Å². The summed E-state index contributed by atoms with van der Waals surface area (Å²) in [6, 6.07) is 10.4. The van der Waals surface area contributed by atoms with E-state index in [-0.39, 0.29) is 36.3 Å². The van der Waals surface area contributed by atoms with Gasteiger partial charge < -0.3 is 10.6 Å². The fourth-order valence-electron chi connectivity index (χ4n) is 4.48. The summed E-state index contributed by atoms with van der Waals surface area (Å²) in [6.45, 7) is 2.29. The third-order valence-corrected chi connectivity index (χ3v) is 6.24. The van der Waals surface area contributed by atoms with Crippen molar-refractivity contribution in [3.8, 4) is 0 Å². The minimum Gasteiger partial charge on any atom is -0.369 e. The molecule has 0 radical (unpaired) electrons. The molecule has 0 unspecified atom stereocenters. The molecular formula is C25H26F3N5O2. The van der Waals surface area contributed by atoms with Crippen LogP contribution in [0.25, 0.3) is 0 Å². The molecular weight excluding hydrogens is 459 g/mol. The average Bonchev–Trinajstić information content (AvgIpc) is 3.28. The first-order valence-corrected chi connectivity index (χ1v) is 11.4. The smallest absolute Gasteiger partial charge is 0.369 e. The van der Waals surface area contributed by atoms with Gasteiger partial charge in [0.15, 0.2) is 0 Å². The third kappa shape index (κ3) is 5.70. The number of amides is 1. The van der Waals surface area contributed by atoms with Crippen LogP contribution in [0.2, 0.25) is 0 Å². The maximum atomic E-state index is 13.0. The Labute approximate surface area is 200 Å². The lowest BCUT2D eigenvalue weighted by Crippen LogP contribution is -2.32. The summed E-state index contributed by atoms with van der Waals surface area (Å²) in [4.78, 5) is 38.2. The number of aromatic nitrogens is 3. The van der Waals surface area contributed by atoms with E-state index in [1.54, 1.807) is 11.8 Å². The largest absolute Gasteiger partial charge is 0.416 e. The minimum absolute atomic E-state index is 0.0458. The summed E-state index contributed by atoms with van der Waals surface area (Å²) in [6.07, 6.45) is -1.95. The number of rotatable bonds is 6. The van der Waals surface area contributed by atoms with Crippen LogP contribution in [0.5, 0.6) is 0 Å². The Morgan fingerprint density at radius 1 is 1.17 bits per heavy atom. The van der Waals surface area contributed by atoms with E-state index in [1.165, 1.54) is 12.1 Å². The highest BCUT2D eigenvalue weighted by Gasteiger charge is 2.31. The van der Waals surface area contributed by atoms with Crippen LogP contribution in [0.4, 0.5) is 19.1 Å². The molecule has 35 heavy (non-hydrogen) atoms. The summed E-state index contributed by atoms with van der Waals surface area (Å²) in [5, 5.41) is 0. The topological polar surface area (TPSA) is 105 Å². The number of pyridine rings is 1. The van der Waals surface area contributed by atoms with Crippen molar-refractivity contribution in [2.24, 2.45) is 0 Å². The number of nitrogens with one attached hydrogen (secondary N) is 1. The van der Waals surface area contributed by atoms with Gasteiger partial charge in [0, 0.05) is 36.3 Å². The molecule has 0 aliphatic carbocycles. The molecule has 3 N–H and O–H groups in total. The average molecular weight is 486 g/mol. The number of carbonyl (C=O) groups excluding carboxylic acids is 1. The molecule has 0 bridgehead atoms. The van der Waals surface area contributed by atoms with Crippen molar-refractivity contribution in [3.05, 3.63) is 86.6 Å². The van der Waals surface area contributed by atoms with Gasteiger partial charge in [0.05, 0.1) is 17.3 Å². The number of H-pyrrole nitrogens is 1. The van der Waals surface area contributed by atoms with Crippen LogP contribution in [-0.4, -0.2) is 32.3 Å². The van der Waals surface area contributed by atoms with E-state index in [0.717, 1.165) is 41.9 Å². The van der Waals surface area contributed by atoms with Gasteiger partial charge >= 0.3 is 6.18 Å². The number of carbonyl (C=O) groups is 1. The summed E-state index contributed by atoms with van der Waals surface area (Å²) >= 11 is 0. The van der Waals surface area contributed by atoms with Crippen LogP contribution < -0.4 is 11.3 Å². The molecule has 184 valence electrons. The first kappa shape index (κ1) is 24.4. The number of halogens is 3. The van der Waals surface area contributed by atoms with E-state index in [4.69, 9.17) is 10.7 Å². The SMILES string of the molecule is Cc1nc(N)[nH]c(=O)c1CCC(=O)N1CCC[C@@H]1c1cccc(Cc2ccc(C(F)(F)F)cc2)n1. The molecule has 3 heterocycles. The minimum atomic E-state index is -4.37. The van der Waals surface area contributed by atoms with Crippen LogP contribution in [-0.2, 0) is 23.8 Å². The number of benzene rings is 1. The van der Waals surface area contributed by atoms with Gasteiger partial charge in [0.1, 0.15) is 0 Å². The predicted octanol–water partition coefficient (Wildman–Crippen LogP) is 3.96. The second-order valence-electron chi connectivity index (χ2n) is 8.69. The van der Waals surface area contributed by atoms with Crippen LogP contribution in [0.3, 0.4) is 0 Å². The molecule has 1 aromatic carbocycles. The zero-order valence-electron chi connectivity index (χ0n) is 19.2. The molecule has 1 atom stereocenters. The Morgan fingerprint density at radius 2 is 1.91 bits per heavy atom. The fraction of sp³-hybridized carbons (Fsp3) is 0.360. The lowest BCUT2D eigenvalue weighted by atomic mass is 10.0. The maximum absolute atomic E-state index is 13.0. The molecule has 10 heteroatoms. The second-order valence-corrected chi connectivity index (χ2v) is 8.69. The number of nitrogen functional groups attached to an aromatic ring is 1. The van der Waals surface area contributed by atoms with Crippen molar-refractivity contribution in [3.63, 3.8) is 0 Å². The van der Waals surface area contributed by atoms with Gasteiger partial charge in [-0.25, -0.2) is 4.98 Å². The van der Waals surface area contributed by atoms with Crippen LogP contribution >= 0.6 is 0 Å². The van der Waals surface area contributed by atoms with Crippen molar-refractivity contribution >= 4 is 11.9 Å². The number of nitrogens with zero attached hydrogens (tertiary/aromatic N) is 3. The standard InChI is InChI=1S/C25H26F3N5O2/c1-15-19(23(35)32-24(29)30-15)11-12-22(34)33-13-3-6-21(33)20-5-2-4-18(31-20)14-16-7-9-17(10-8-16)25(26,27)28/h2,4-5,7-10,21H,3,6,11-14H2,1H3,(H3,29,30,32,35)/t21-/m1/s1. The Balaban J connectivity index is 1.44. The molecule has 3 aromatic rings. The first-order valence-electron chi connectivity index (χ1n) is 11.4. The van der Waals surface area contributed by atoms with E-state index in [0.29, 0.717) is 24.2 Å². The van der Waals surface area contributed by atoms with Crippen LogP contribution in [0.15, 0.2) is 47.3 Å². The van der Waals surface area contributed by atoms with Gasteiger partial charge in [0.25, 0.3) is 5.56 Å². The van der Waals surface area contributed by atoms with Crippen molar-refractivity contribution in [2.75, 3.05) is 12.3 Å². The van der Waals surface area contributed by atoms with E-state index in [9.17, 15) is 22.8 Å². The first-order chi connectivity index (χ1) is 16.6. The van der Waals surface area contributed by atoms with Gasteiger partial charge in [-0.15, -0.1) is 0 Å². The van der Waals surface area contributed by atoms with E-state index in [1.807, 2.05) is 18.2 Å². The van der Waals surface area contributed by atoms with Crippen molar-refractivity contribution in [2.45, 2.75) is 51.2 Å². The highest BCUT2D eigenvalue weighted by atomic mass is 19.4. The van der Waals surface area contributed by atoms with Gasteiger partial charge in [-0.3, -0.25) is 19.6 Å². The lowest BCUT2D eigenvalue weighted by molar-refractivity contribution is -0.137. The van der Waals surface area contributed by atoms with E-state index in [2.05, 4.69) is 9.97 Å². The third-order valence-electron chi connectivity index (χ3n) is 6.24. The highest BCUT2D eigenvalue weighted by molar-refractivity contribution is 5.77. The van der Waals surface area contributed by atoms with Crippen LogP contribution in [0, 0.1) is 6.92 Å². The summed E-state index contributed by atoms with van der Waals surface area (Å²) < 4.78 is 38.4. The summed E-state index contributed by atoms with van der Waals surface area (Å²) in [5.41, 5.74) is 7.68. The molecule has 1 amide bonds. The Morgan fingerprint density at radius 3 is 2.60 bits per heavy atom. The number of hydrogen-bond acceptors (Lipinski definition) is 5. The molecule has 2 aromatic heterocycles. The lowest BCUT2D eigenvalue weighted by Gasteiger charge is -2.25. The van der Waals surface area contributed by atoms with Crippen molar-refractivity contribution < 1.29 is 18.0 Å². The molecule has 7 nitrogen and oxygen atoms in total. The van der Waals surface area contributed by atoms with E-state index < -0.39 is 11.7 Å². The Bertz CT molecular complexity index is 1270. The number of likely N-dealkylation sites (tertiary alicyclic amines) is 1. The van der Waals surface area contributed by atoms with Gasteiger partial charge in [0.2, 0.25) is 11.9 Å². The van der Waals surface area contributed by atoms with Gasteiger partial charge in [-0.1, -0.05) is 18.2 Å². The number of aromatic amines is 1.